The number of benzene rings is 2. The third-order valence-corrected chi connectivity index (χ3v) is 7.76. The van der Waals surface area contributed by atoms with Gasteiger partial charge >= 0.3 is 0 Å². The summed E-state index contributed by atoms with van der Waals surface area (Å²) in [6.07, 6.45) is 0.143. The monoisotopic (exact) mass is 424 g/mol. The number of ketones is 2. The highest BCUT2D eigenvalue weighted by molar-refractivity contribution is 6.67. The molecular formula is C20H12Cl4O2. The number of Topliss-reactive ketones (excluding diaryl/α,β-unsaturated/α-hetero) is 2. The Morgan fingerprint density at radius 2 is 1.12 bits per heavy atom. The summed E-state index contributed by atoms with van der Waals surface area (Å²) in [5, 5.41) is -0.712. The molecule has 132 valence electrons. The van der Waals surface area contributed by atoms with Crippen LogP contribution in [0, 0.1) is 0 Å². The van der Waals surface area contributed by atoms with Crippen LogP contribution in [0.1, 0.15) is 17.5 Å². The number of halogens is 4. The van der Waals surface area contributed by atoms with Crippen molar-refractivity contribution in [2.45, 2.75) is 21.6 Å². The molecule has 0 aromatic heterocycles. The number of fused-ring (bicyclic) bond motifs is 1. The predicted molar refractivity (Wildman–Crippen MR) is 104 cm³/mol. The van der Waals surface area contributed by atoms with Crippen molar-refractivity contribution in [3.63, 3.8) is 0 Å². The zero-order chi connectivity index (χ0) is 18.7. The van der Waals surface area contributed by atoms with E-state index < -0.39 is 26.7 Å². The molecule has 2 aromatic rings. The Kier molecular flexibility index (Phi) is 4.06. The lowest BCUT2D eigenvalue weighted by Crippen LogP contribution is -2.80. The summed E-state index contributed by atoms with van der Waals surface area (Å²) in [4.78, 5) is 22.6. The molecule has 4 rings (SSSR count). The second-order valence-electron chi connectivity index (χ2n) is 6.56. The van der Waals surface area contributed by atoms with E-state index in [0.717, 1.165) is 11.1 Å². The van der Waals surface area contributed by atoms with Crippen LogP contribution in [-0.2, 0) is 15.0 Å². The van der Waals surface area contributed by atoms with Crippen LogP contribution in [0.5, 0.6) is 0 Å². The first-order valence-electron chi connectivity index (χ1n) is 7.94. The Morgan fingerprint density at radius 3 is 1.58 bits per heavy atom. The molecule has 26 heavy (non-hydrogen) atoms. The van der Waals surface area contributed by atoms with E-state index in [2.05, 4.69) is 0 Å². The van der Waals surface area contributed by atoms with Crippen LogP contribution in [-0.4, -0.2) is 21.3 Å². The topological polar surface area (TPSA) is 34.1 Å². The molecule has 0 bridgehead atoms. The van der Waals surface area contributed by atoms with Gasteiger partial charge < -0.3 is 0 Å². The van der Waals surface area contributed by atoms with E-state index in [-0.39, 0.29) is 16.5 Å². The highest BCUT2D eigenvalue weighted by atomic mass is 35.5. The summed E-state index contributed by atoms with van der Waals surface area (Å²) in [5.41, 5.74) is 0.589. The normalized spacial score (nSPS) is 30.0. The van der Waals surface area contributed by atoms with Gasteiger partial charge in [0, 0.05) is 0 Å². The van der Waals surface area contributed by atoms with Gasteiger partial charge in [-0.15, -0.1) is 23.2 Å². The Hall–Kier alpha value is -1.32. The van der Waals surface area contributed by atoms with Crippen molar-refractivity contribution in [2.75, 3.05) is 0 Å². The van der Waals surface area contributed by atoms with E-state index in [0.29, 0.717) is 0 Å². The van der Waals surface area contributed by atoms with Crippen LogP contribution in [0.4, 0.5) is 0 Å². The van der Waals surface area contributed by atoms with Gasteiger partial charge in [-0.1, -0.05) is 83.9 Å². The fourth-order valence-corrected chi connectivity index (χ4v) is 5.84. The van der Waals surface area contributed by atoms with Crippen LogP contribution in [0.25, 0.3) is 0 Å². The van der Waals surface area contributed by atoms with Crippen LogP contribution < -0.4 is 0 Å². The van der Waals surface area contributed by atoms with Gasteiger partial charge in [0.15, 0.2) is 11.6 Å². The number of rotatable bonds is 2. The molecule has 0 radical (unpaired) electrons. The van der Waals surface area contributed by atoms with E-state index in [9.17, 15) is 9.59 Å². The number of carbonyl (C=O) groups is 2. The third-order valence-electron chi connectivity index (χ3n) is 5.44. The van der Waals surface area contributed by atoms with E-state index in [1.54, 1.807) is 0 Å². The summed E-state index contributed by atoms with van der Waals surface area (Å²) >= 11 is 25.7. The van der Waals surface area contributed by atoms with Gasteiger partial charge in [-0.3, -0.25) is 9.59 Å². The maximum absolute atomic E-state index is 13.2. The number of carbonyl (C=O) groups excluding carboxylic acids is 2. The molecule has 2 nitrogen and oxygen atoms in total. The summed E-state index contributed by atoms with van der Waals surface area (Å²) in [6.45, 7) is 0. The van der Waals surface area contributed by atoms with Gasteiger partial charge in [-0.05, 0) is 17.5 Å². The zero-order valence-corrected chi connectivity index (χ0v) is 16.3. The summed E-state index contributed by atoms with van der Waals surface area (Å²) < 4.78 is 0. The summed E-state index contributed by atoms with van der Waals surface area (Å²) in [5.74, 6) is -1.23. The minimum absolute atomic E-state index is 0.143. The molecule has 6 heteroatoms. The molecule has 0 aliphatic heterocycles. The first-order valence-corrected chi connectivity index (χ1v) is 9.45. The van der Waals surface area contributed by atoms with Gasteiger partial charge in [-0.2, -0.15) is 0 Å². The molecule has 0 heterocycles. The molecule has 0 amide bonds. The number of hydrogen-bond donors (Lipinski definition) is 0. The summed E-state index contributed by atoms with van der Waals surface area (Å²) in [7, 11) is 0. The van der Waals surface area contributed by atoms with E-state index in [1.807, 2.05) is 60.7 Å². The largest absolute Gasteiger partial charge is 0.291 e. The third kappa shape index (κ3) is 1.91. The van der Waals surface area contributed by atoms with Crippen molar-refractivity contribution in [1.29, 1.82) is 0 Å². The maximum Gasteiger partial charge on any atom is 0.200 e. The number of alkyl halides is 2. The van der Waals surface area contributed by atoms with Crippen molar-refractivity contribution in [3.05, 3.63) is 81.9 Å². The van der Waals surface area contributed by atoms with Gasteiger partial charge in [0.25, 0.3) is 0 Å². The fraction of sp³-hybridized carbons (Fsp3) is 0.200. The molecule has 1 saturated carbocycles. The SMILES string of the molecule is O=C1C(Cl)=C(Cl)C(=O)[C@]2(Cl)C(c3ccccc3)(c3ccccc3)C[C@]12Cl. The molecule has 2 aromatic carbocycles. The fourth-order valence-electron chi connectivity index (χ4n) is 4.19. The Labute approximate surface area is 170 Å². The molecule has 2 atom stereocenters. The number of hydrogen-bond acceptors (Lipinski definition) is 2. The van der Waals surface area contributed by atoms with Crippen molar-refractivity contribution in [2.24, 2.45) is 0 Å². The lowest BCUT2D eigenvalue weighted by molar-refractivity contribution is -0.134. The maximum atomic E-state index is 13.2. The van der Waals surface area contributed by atoms with Gasteiger partial charge in [0.1, 0.15) is 19.8 Å². The second-order valence-corrected chi connectivity index (χ2v) is 8.53. The Bertz CT molecular complexity index is 915. The van der Waals surface area contributed by atoms with Crippen LogP contribution in [0.3, 0.4) is 0 Å². The first-order chi connectivity index (χ1) is 12.3. The molecule has 0 unspecified atom stereocenters. The summed E-state index contributed by atoms with van der Waals surface area (Å²) in [6, 6.07) is 18.7. The predicted octanol–water partition coefficient (Wildman–Crippen LogP) is 5.17. The number of allylic oxidation sites excluding steroid dienone is 2. The molecule has 0 spiro atoms. The zero-order valence-electron chi connectivity index (χ0n) is 13.3. The van der Waals surface area contributed by atoms with Crippen molar-refractivity contribution >= 4 is 58.0 Å². The Morgan fingerprint density at radius 1 is 0.692 bits per heavy atom. The van der Waals surface area contributed by atoms with Gasteiger partial charge in [-0.25, -0.2) is 0 Å². The van der Waals surface area contributed by atoms with Crippen molar-refractivity contribution in [3.8, 4) is 0 Å². The first kappa shape index (κ1) is 18.1. The molecule has 2 aliphatic rings. The quantitative estimate of drug-likeness (QED) is 0.621. The van der Waals surface area contributed by atoms with Crippen LogP contribution in [0.2, 0.25) is 0 Å². The van der Waals surface area contributed by atoms with Crippen LogP contribution >= 0.6 is 46.4 Å². The molecule has 0 saturated heterocycles. The van der Waals surface area contributed by atoms with E-state index in [4.69, 9.17) is 46.4 Å². The lowest BCUT2D eigenvalue weighted by Gasteiger charge is -2.65. The highest BCUT2D eigenvalue weighted by Gasteiger charge is 2.82. The van der Waals surface area contributed by atoms with Gasteiger partial charge in [0.05, 0.1) is 5.41 Å². The molecular weight excluding hydrogens is 414 g/mol. The van der Waals surface area contributed by atoms with Crippen molar-refractivity contribution < 1.29 is 9.59 Å². The standard InChI is InChI=1S/C20H12Cl4O2/c21-14-15(22)17(26)20(24)18(11-19(20,23)16(14)25,12-7-3-1-4-8-12)13-9-5-2-6-10-13/h1-10H,11H2/t19-,20-/m0/s1. The minimum atomic E-state index is -1.77. The Balaban J connectivity index is 2.05. The highest BCUT2D eigenvalue weighted by Crippen LogP contribution is 2.70. The van der Waals surface area contributed by atoms with Crippen molar-refractivity contribution in [1.82, 2.24) is 0 Å². The van der Waals surface area contributed by atoms with Crippen LogP contribution in [0.15, 0.2) is 70.7 Å². The molecule has 0 N–H and O–H groups in total. The average Bonchev–Trinajstić information content (AvgIpc) is 2.69. The van der Waals surface area contributed by atoms with Gasteiger partial charge in [0.2, 0.25) is 0 Å². The van der Waals surface area contributed by atoms with E-state index in [1.165, 1.54) is 0 Å². The average molecular weight is 426 g/mol. The molecule has 2 aliphatic carbocycles. The molecule has 1 fully saturated rings. The second kappa shape index (κ2) is 5.84. The minimum Gasteiger partial charge on any atom is -0.291 e. The lowest BCUT2D eigenvalue weighted by atomic mass is 9.44. The smallest absolute Gasteiger partial charge is 0.200 e. The van der Waals surface area contributed by atoms with E-state index >= 15 is 0 Å².